The number of nitrogens with zero attached hydrogens (tertiary/aromatic N) is 1. The second kappa shape index (κ2) is 7.42. The molecule has 0 radical (unpaired) electrons. The monoisotopic (exact) mass is 356 g/mol. The average molecular weight is 357 g/mol. The summed E-state index contributed by atoms with van der Waals surface area (Å²) in [4.78, 5) is 26.9. The molecule has 1 saturated carbocycles. The number of rotatable bonds is 3. The van der Waals surface area contributed by atoms with Crippen LogP contribution >= 0.6 is 0 Å². The molecule has 1 aromatic carbocycles. The Hall–Kier alpha value is -1.84. The zero-order valence-corrected chi connectivity index (χ0v) is 16.5. The van der Waals surface area contributed by atoms with Crippen molar-refractivity contribution < 1.29 is 9.59 Å². The third-order valence-electron chi connectivity index (χ3n) is 6.20. The van der Waals surface area contributed by atoms with E-state index >= 15 is 0 Å². The molecule has 1 N–H and O–H groups in total. The van der Waals surface area contributed by atoms with Gasteiger partial charge >= 0.3 is 0 Å². The molecule has 1 atom stereocenters. The lowest BCUT2D eigenvalue weighted by Gasteiger charge is -2.37. The molecule has 1 heterocycles. The first kappa shape index (κ1) is 18.9. The SMILES string of the molecule is Cc1ccccc1N1C[C@H](C(=O)NC2CCC(C(C)(C)C)CC2)CC1=O. The van der Waals surface area contributed by atoms with E-state index in [4.69, 9.17) is 0 Å². The van der Waals surface area contributed by atoms with Crippen LogP contribution < -0.4 is 10.2 Å². The van der Waals surface area contributed by atoms with Crippen LogP contribution in [-0.4, -0.2) is 24.4 Å². The minimum atomic E-state index is -0.234. The van der Waals surface area contributed by atoms with Crippen LogP contribution in [0.25, 0.3) is 0 Å². The fraction of sp³-hybridized carbons (Fsp3) is 0.636. The van der Waals surface area contributed by atoms with Crippen LogP contribution in [0.15, 0.2) is 24.3 Å². The Morgan fingerprint density at radius 1 is 1.12 bits per heavy atom. The van der Waals surface area contributed by atoms with Gasteiger partial charge in [-0.1, -0.05) is 39.0 Å². The molecule has 4 heteroatoms. The fourth-order valence-electron chi connectivity index (χ4n) is 4.41. The third kappa shape index (κ3) is 4.11. The molecule has 0 unspecified atom stereocenters. The third-order valence-corrected chi connectivity index (χ3v) is 6.20. The van der Waals surface area contributed by atoms with Crippen LogP contribution in [0.5, 0.6) is 0 Å². The highest BCUT2D eigenvalue weighted by Crippen LogP contribution is 2.38. The van der Waals surface area contributed by atoms with Gasteiger partial charge in [-0.05, 0) is 55.6 Å². The van der Waals surface area contributed by atoms with E-state index in [1.165, 1.54) is 12.8 Å². The summed E-state index contributed by atoms with van der Waals surface area (Å²) in [6.07, 6.45) is 4.77. The Bertz CT molecular complexity index is 669. The molecular weight excluding hydrogens is 324 g/mol. The summed E-state index contributed by atoms with van der Waals surface area (Å²) < 4.78 is 0. The zero-order chi connectivity index (χ0) is 18.9. The normalized spacial score (nSPS) is 26.8. The van der Waals surface area contributed by atoms with Gasteiger partial charge in [-0.25, -0.2) is 0 Å². The van der Waals surface area contributed by atoms with Crippen LogP contribution in [0.2, 0.25) is 0 Å². The van der Waals surface area contributed by atoms with Crippen LogP contribution in [0, 0.1) is 24.2 Å². The molecule has 1 aliphatic heterocycles. The molecule has 1 saturated heterocycles. The van der Waals surface area contributed by atoms with Crippen molar-refractivity contribution >= 4 is 17.5 Å². The van der Waals surface area contributed by atoms with E-state index in [0.717, 1.165) is 30.0 Å². The summed E-state index contributed by atoms with van der Waals surface area (Å²) in [5.41, 5.74) is 2.35. The van der Waals surface area contributed by atoms with Crippen LogP contribution in [-0.2, 0) is 9.59 Å². The van der Waals surface area contributed by atoms with Crippen molar-refractivity contribution in [2.75, 3.05) is 11.4 Å². The van der Waals surface area contributed by atoms with Crippen molar-refractivity contribution in [3.63, 3.8) is 0 Å². The number of para-hydroxylation sites is 1. The lowest BCUT2D eigenvalue weighted by atomic mass is 9.71. The molecule has 2 aliphatic rings. The molecule has 0 aromatic heterocycles. The average Bonchev–Trinajstić information content (AvgIpc) is 2.97. The van der Waals surface area contributed by atoms with E-state index in [0.29, 0.717) is 18.4 Å². The van der Waals surface area contributed by atoms with Gasteiger partial charge in [0.1, 0.15) is 0 Å². The first-order valence-electron chi connectivity index (χ1n) is 9.92. The Kier molecular flexibility index (Phi) is 5.40. The second-order valence-electron chi connectivity index (χ2n) is 9.12. The first-order valence-corrected chi connectivity index (χ1v) is 9.92. The maximum Gasteiger partial charge on any atom is 0.227 e. The van der Waals surface area contributed by atoms with E-state index in [1.54, 1.807) is 4.90 Å². The zero-order valence-electron chi connectivity index (χ0n) is 16.5. The topological polar surface area (TPSA) is 49.4 Å². The van der Waals surface area contributed by atoms with Crippen molar-refractivity contribution in [3.05, 3.63) is 29.8 Å². The lowest BCUT2D eigenvalue weighted by molar-refractivity contribution is -0.127. The summed E-state index contributed by atoms with van der Waals surface area (Å²) in [5.74, 6) is 0.604. The van der Waals surface area contributed by atoms with Gasteiger partial charge in [-0.3, -0.25) is 9.59 Å². The van der Waals surface area contributed by atoms with Crippen LogP contribution in [0.3, 0.4) is 0 Å². The Morgan fingerprint density at radius 2 is 1.77 bits per heavy atom. The van der Waals surface area contributed by atoms with Gasteiger partial charge in [0.15, 0.2) is 0 Å². The Labute approximate surface area is 157 Å². The van der Waals surface area contributed by atoms with Crippen molar-refractivity contribution in [2.24, 2.45) is 17.3 Å². The van der Waals surface area contributed by atoms with Crippen molar-refractivity contribution in [1.29, 1.82) is 0 Å². The van der Waals surface area contributed by atoms with Gasteiger partial charge in [-0.2, -0.15) is 0 Å². The summed E-state index contributed by atoms with van der Waals surface area (Å²) in [6.45, 7) is 9.42. The standard InChI is InChI=1S/C22H32N2O2/c1-15-7-5-6-8-19(15)24-14-16(13-20(24)25)21(26)23-18-11-9-17(10-12-18)22(2,3)4/h5-8,16-18H,9-14H2,1-4H3,(H,23,26)/t16-,17?,18?/m1/s1. The van der Waals surface area contributed by atoms with Gasteiger partial charge in [0.25, 0.3) is 0 Å². The van der Waals surface area contributed by atoms with E-state index in [1.807, 2.05) is 31.2 Å². The van der Waals surface area contributed by atoms with E-state index in [2.05, 4.69) is 26.1 Å². The molecule has 1 aliphatic carbocycles. The summed E-state index contributed by atoms with van der Waals surface area (Å²) >= 11 is 0. The van der Waals surface area contributed by atoms with Crippen molar-refractivity contribution in [2.45, 2.75) is 65.8 Å². The molecule has 3 rings (SSSR count). The van der Waals surface area contributed by atoms with E-state index in [9.17, 15) is 9.59 Å². The number of hydrogen-bond donors (Lipinski definition) is 1. The number of carbonyl (C=O) groups excluding carboxylic acids is 2. The molecule has 1 aromatic rings. The highest BCUT2D eigenvalue weighted by molar-refractivity contribution is 6.00. The molecular formula is C22H32N2O2. The second-order valence-corrected chi connectivity index (χ2v) is 9.12. The molecule has 4 nitrogen and oxygen atoms in total. The number of nitrogens with one attached hydrogen (secondary N) is 1. The lowest BCUT2D eigenvalue weighted by Crippen LogP contribution is -2.42. The predicted octanol–water partition coefficient (Wildman–Crippen LogP) is 4.07. The van der Waals surface area contributed by atoms with Crippen molar-refractivity contribution in [1.82, 2.24) is 5.32 Å². The molecule has 0 spiro atoms. The van der Waals surface area contributed by atoms with Crippen LogP contribution in [0.4, 0.5) is 5.69 Å². The van der Waals surface area contributed by atoms with Crippen molar-refractivity contribution in [3.8, 4) is 0 Å². The maximum atomic E-state index is 12.7. The molecule has 2 amide bonds. The molecule has 2 fully saturated rings. The highest BCUT2D eigenvalue weighted by Gasteiger charge is 2.37. The van der Waals surface area contributed by atoms with Gasteiger partial charge in [0.2, 0.25) is 11.8 Å². The number of hydrogen-bond acceptors (Lipinski definition) is 2. The minimum Gasteiger partial charge on any atom is -0.353 e. The minimum absolute atomic E-state index is 0.0497. The van der Waals surface area contributed by atoms with Gasteiger partial charge < -0.3 is 10.2 Å². The summed E-state index contributed by atoms with van der Waals surface area (Å²) in [5, 5.41) is 3.22. The maximum absolute atomic E-state index is 12.7. The fourth-order valence-corrected chi connectivity index (χ4v) is 4.41. The van der Waals surface area contributed by atoms with Gasteiger partial charge in [0, 0.05) is 24.7 Å². The number of benzene rings is 1. The van der Waals surface area contributed by atoms with E-state index < -0.39 is 0 Å². The Morgan fingerprint density at radius 3 is 2.38 bits per heavy atom. The molecule has 142 valence electrons. The number of anilines is 1. The number of carbonyl (C=O) groups is 2. The van der Waals surface area contributed by atoms with Crippen LogP contribution in [0.1, 0.15) is 58.4 Å². The quantitative estimate of drug-likeness (QED) is 0.887. The number of amides is 2. The predicted molar refractivity (Wildman–Crippen MR) is 105 cm³/mol. The smallest absolute Gasteiger partial charge is 0.227 e. The number of aryl methyl sites for hydroxylation is 1. The molecule has 26 heavy (non-hydrogen) atoms. The van der Waals surface area contributed by atoms with Gasteiger partial charge in [-0.15, -0.1) is 0 Å². The largest absolute Gasteiger partial charge is 0.353 e. The van der Waals surface area contributed by atoms with E-state index in [-0.39, 0.29) is 23.8 Å². The summed E-state index contributed by atoms with van der Waals surface area (Å²) in [6, 6.07) is 8.14. The highest BCUT2D eigenvalue weighted by atomic mass is 16.2. The first-order chi connectivity index (χ1) is 12.3. The van der Waals surface area contributed by atoms with Gasteiger partial charge in [0.05, 0.1) is 5.92 Å². The summed E-state index contributed by atoms with van der Waals surface area (Å²) in [7, 11) is 0. The molecule has 0 bridgehead atoms. The Balaban J connectivity index is 1.55.